The molecule has 0 heterocycles. The molecule has 0 atom stereocenters. The fourth-order valence-corrected chi connectivity index (χ4v) is 4.54. The van der Waals surface area contributed by atoms with E-state index < -0.39 is 10.0 Å². The standard InChI is InChI=1S/C20H21N3O3S/c1-14-3-10-19(15(2)11-14)22-20(24)13-23(17-6-7-17)27(25,26)18-8-4-16(12-21)5-9-18/h3-5,8-11,17H,6-7,13H2,1-2H3,(H,22,24). The highest BCUT2D eigenvalue weighted by Crippen LogP contribution is 2.32. The summed E-state index contributed by atoms with van der Waals surface area (Å²) in [5.41, 5.74) is 3.08. The van der Waals surface area contributed by atoms with E-state index in [1.165, 1.54) is 28.6 Å². The third-order valence-corrected chi connectivity index (χ3v) is 6.41. The van der Waals surface area contributed by atoms with Gasteiger partial charge in [-0.05, 0) is 62.6 Å². The Hall–Kier alpha value is -2.69. The average Bonchev–Trinajstić information content (AvgIpc) is 3.47. The van der Waals surface area contributed by atoms with Crippen LogP contribution in [0, 0.1) is 25.2 Å². The maximum absolute atomic E-state index is 13.0. The maximum atomic E-state index is 13.0. The molecular formula is C20H21N3O3S. The fraction of sp³-hybridized carbons (Fsp3) is 0.300. The number of sulfonamides is 1. The van der Waals surface area contributed by atoms with Crippen LogP contribution in [-0.4, -0.2) is 31.2 Å². The van der Waals surface area contributed by atoms with Crippen LogP contribution in [-0.2, 0) is 14.8 Å². The van der Waals surface area contributed by atoms with E-state index in [1.54, 1.807) is 0 Å². The van der Waals surface area contributed by atoms with Crippen LogP contribution in [0.3, 0.4) is 0 Å². The number of hydrogen-bond donors (Lipinski definition) is 1. The van der Waals surface area contributed by atoms with Gasteiger partial charge in [-0.1, -0.05) is 17.7 Å². The van der Waals surface area contributed by atoms with E-state index in [0.717, 1.165) is 24.0 Å². The van der Waals surface area contributed by atoms with Gasteiger partial charge in [0.25, 0.3) is 0 Å². The number of nitriles is 1. The van der Waals surface area contributed by atoms with Crippen molar-refractivity contribution >= 4 is 21.6 Å². The van der Waals surface area contributed by atoms with Crippen molar-refractivity contribution in [1.29, 1.82) is 5.26 Å². The summed E-state index contributed by atoms with van der Waals surface area (Å²) >= 11 is 0. The summed E-state index contributed by atoms with van der Waals surface area (Å²) < 4.78 is 27.2. The largest absolute Gasteiger partial charge is 0.325 e. The summed E-state index contributed by atoms with van der Waals surface area (Å²) in [7, 11) is -3.80. The molecule has 0 radical (unpaired) electrons. The van der Waals surface area contributed by atoms with Crippen molar-refractivity contribution < 1.29 is 13.2 Å². The Morgan fingerprint density at radius 1 is 1.19 bits per heavy atom. The number of hydrogen-bond acceptors (Lipinski definition) is 4. The average molecular weight is 383 g/mol. The quantitative estimate of drug-likeness (QED) is 0.830. The maximum Gasteiger partial charge on any atom is 0.243 e. The molecule has 0 unspecified atom stereocenters. The second-order valence-corrected chi connectivity index (χ2v) is 8.67. The first-order chi connectivity index (χ1) is 12.8. The Balaban J connectivity index is 1.79. The number of carbonyl (C=O) groups is 1. The first kappa shape index (κ1) is 19.1. The van der Waals surface area contributed by atoms with Crippen LogP contribution in [0.15, 0.2) is 47.4 Å². The molecule has 1 N–H and O–H groups in total. The Bertz CT molecular complexity index is 1000. The zero-order valence-electron chi connectivity index (χ0n) is 15.3. The SMILES string of the molecule is Cc1ccc(NC(=O)CN(C2CC2)S(=O)(=O)c2ccc(C#N)cc2)c(C)c1. The molecule has 1 fully saturated rings. The van der Waals surface area contributed by atoms with E-state index in [9.17, 15) is 13.2 Å². The molecule has 6 nitrogen and oxygen atoms in total. The van der Waals surface area contributed by atoms with Crippen molar-refractivity contribution in [1.82, 2.24) is 4.31 Å². The van der Waals surface area contributed by atoms with Crippen molar-refractivity contribution in [2.45, 2.75) is 37.6 Å². The lowest BCUT2D eigenvalue weighted by atomic mass is 10.1. The monoisotopic (exact) mass is 383 g/mol. The highest BCUT2D eigenvalue weighted by Gasteiger charge is 2.39. The van der Waals surface area contributed by atoms with E-state index in [-0.39, 0.29) is 23.4 Å². The number of nitrogens with one attached hydrogen (secondary N) is 1. The van der Waals surface area contributed by atoms with Gasteiger partial charge in [-0.3, -0.25) is 4.79 Å². The van der Waals surface area contributed by atoms with Gasteiger partial charge in [0.05, 0.1) is 23.1 Å². The molecule has 3 rings (SSSR count). The van der Waals surface area contributed by atoms with Gasteiger partial charge in [-0.2, -0.15) is 9.57 Å². The number of nitrogens with zero attached hydrogens (tertiary/aromatic N) is 2. The lowest BCUT2D eigenvalue weighted by molar-refractivity contribution is -0.116. The summed E-state index contributed by atoms with van der Waals surface area (Å²) in [5.74, 6) is -0.369. The van der Waals surface area contributed by atoms with Gasteiger partial charge in [0.1, 0.15) is 0 Å². The van der Waals surface area contributed by atoms with Gasteiger partial charge in [-0.15, -0.1) is 0 Å². The Morgan fingerprint density at radius 2 is 1.85 bits per heavy atom. The Labute approximate surface area is 159 Å². The van der Waals surface area contributed by atoms with Gasteiger partial charge < -0.3 is 5.32 Å². The van der Waals surface area contributed by atoms with Gasteiger partial charge in [0.2, 0.25) is 15.9 Å². The lowest BCUT2D eigenvalue weighted by Crippen LogP contribution is -2.39. The number of benzene rings is 2. The number of rotatable bonds is 6. The molecule has 2 aromatic rings. The first-order valence-corrected chi connectivity index (χ1v) is 10.1. The topological polar surface area (TPSA) is 90.3 Å². The van der Waals surface area contributed by atoms with Crippen LogP contribution in [0.2, 0.25) is 0 Å². The van der Waals surface area contributed by atoms with Crippen molar-refractivity contribution in [3.63, 3.8) is 0 Å². The van der Waals surface area contributed by atoms with Gasteiger partial charge >= 0.3 is 0 Å². The highest BCUT2D eigenvalue weighted by atomic mass is 32.2. The van der Waals surface area contributed by atoms with E-state index in [0.29, 0.717) is 11.3 Å². The molecule has 1 amide bonds. The summed E-state index contributed by atoms with van der Waals surface area (Å²) in [6.45, 7) is 3.63. The summed E-state index contributed by atoms with van der Waals surface area (Å²) in [5, 5.41) is 11.7. The van der Waals surface area contributed by atoms with E-state index in [2.05, 4.69) is 5.32 Å². The molecule has 0 aliphatic heterocycles. The predicted octanol–water partition coefficient (Wildman–Crippen LogP) is 2.97. The second kappa shape index (κ2) is 7.51. The van der Waals surface area contributed by atoms with Crippen LogP contribution in [0.25, 0.3) is 0 Å². The number of anilines is 1. The Kier molecular flexibility index (Phi) is 5.31. The number of carbonyl (C=O) groups excluding carboxylic acids is 1. The minimum absolute atomic E-state index is 0.0905. The summed E-state index contributed by atoms with van der Waals surface area (Å²) in [4.78, 5) is 12.6. The minimum atomic E-state index is -3.80. The van der Waals surface area contributed by atoms with Crippen molar-refractivity contribution in [3.05, 3.63) is 59.2 Å². The molecular weight excluding hydrogens is 362 g/mol. The normalized spacial score (nSPS) is 14.0. The van der Waals surface area contributed by atoms with E-state index >= 15 is 0 Å². The molecule has 1 aliphatic carbocycles. The second-order valence-electron chi connectivity index (χ2n) is 6.78. The fourth-order valence-electron chi connectivity index (χ4n) is 2.89. The van der Waals surface area contributed by atoms with Crippen LogP contribution < -0.4 is 5.32 Å². The van der Waals surface area contributed by atoms with Crippen molar-refractivity contribution in [3.8, 4) is 6.07 Å². The van der Waals surface area contributed by atoms with E-state index in [1.807, 2.05) is 38.1 Å². The third kappa shape index (κ3) is 4.35. The Morgan fingerprint density at radius 3 is 2.41 bits per heavy atom. The van der Waals surface area contributed by atoms with Crippen LogP contribution in [0.5, 0.6) is 0 Å². The minimum Gasteiger partial charge on any atom is -0.325 e. The van der Waals surface area contributed by atoms with Crippen molar-refractivity contribution in [2.75, 3.05) is 11.9 Å². The zero-order valence-corrected chi connectivity index (χ0v) is 16.1. The molecule has 0 spiro atoms. The van der Waals surface area contributed by atoms with Gasteiger partial charge in [-0.25, -0.2) is 8.42 Å². The van der Waals surface area contributed by atoms with Crippen LogP contribution in [0.1, 0.15) is 29.5 Å². The molecule has 2 aromatic carbocycles. The third-order valence-electron chi connectivity index (χ3n) is 4.50. The molecule has 1 aliphatic rings. The zero-order chi connectivity index (χ0) is 19.6. The first-order valence-electron chi connectivity index (χ1n) is 8.70. The van der Waals surface area contributed by atoms with E-state index in [4.69, 9.17) is 5.26 Å². The molecule has 0 aromatic heterocycles. The molecule has 27 heavy (non-hydrogen) atoms. The molecule has 7 heteroatoms. The smallest absolute Gasteiger partial charge is 0.243 e. The molecule has 0 saturated heterocycles. The highest BCUT2D eigenvalue weighted by molar-refractivity contribution is 7.89. The van der Waals surface area contributed by atoms with Gasteiger partial charge in [0.15, 0.2) is 0 Å². The van der Waals surface area contributed by atoms with Crippen molar-refractivity contribution in [2.24, 2.45) is 0 Å². The van der Waals surface area contributed by atoms with Crippen LogP contribution >= 0.6 is 0 Å². The molecule has 1 saturated carbocycles. The lowest BCUT2D eigenvalue weighted by Gasteiger charge is -2.21. The van der Waals surface area contributed by atoms with Crippen LogP contribution in [0.4, 0.5) is 5.69 Å². The van der Waals surface area contributed by atoms with Gasteiger partial charge in [0, 0.05) is 11.7 Å². The predicted molar refractivity (Wildman–Crippen MR) is 103 cm³/mol. The molecule has 0 bridgehead atoms. The summed E-state index contributed by atoms with van der Waals surface area (Å²) in [6, 6.07) is 13.2. The number of amides is 1. The number of aryl methyl sites for hydroxylation is 2. The summed E-state index contributed by atoms with van der Waals surface area (Å²) in [6.07, 6.45) is 1.48. The molecule has 140 valence electrons.